The lowest BCUT2D eigenvalue weighted by Gasteiger charge is -2.15. The van der Waals surface area contributed by atoms with E-state index >= 15 is 0 Å². The Labute approximate surface area is 160 Å². The fourth-order valence-electron chi connectivity index (χ4n) is 2.77. The number of hydrogen-bond donors (Lipinski definition) is 1. The molecule has 1 saturated carbocycles. The molecule has 0 aliphatic heterocycles. The van der Waals surface area contributed by atoms with Crippen LogP contribution in [0.25, 0.3) is 0 Å². The van der Waals surface area contributed by atoms with Crippen molar-refractivity contribution in [3.05, 3.63) is 54.2 Å². The molecule has 1 N–H and O–H groups in total. The number of alkyl halides is 3. The highest BCUT2D eigenvalue weighted by atomic mass is 19.4. The molecule has 8 heteroatoms. The molecule has 0 spiro atoms. The van der Waals surface area contributed by atoms with Gasteiger partial charge in [0.2, 0.25) is 11.8 Å². The van der Waals surface area contributed by atoms with E-state index in [4.69, 9.17) is 4.74 Å². The summed E-state index contributed by atoms with van der Waals surface area (Å²) in [5.74, 6) is 0.699. The third-order valence-electron chi connectivity index (χ3n) is 4.47. The first kappa shape index (κ1) is 20.0. The number of hydrogen-bond acceptors (Lipinski definition) is 4. The van der Waals surface area contributed by atoms with E-state index in [1.807, 2.05) is 30.3 Å². The highest BCUT2D eigenvalue weighted by Crippen LogP contribution is 2.39. The highest BCUT2D eigenvalue weighted by Gasteiger charge is 2.43. The maximum absolute atomic E-state index is 12.4. The van der Waals surface area contributed by atoms with Crippen LogP contribution in [0.5, 0.6) is 11.6 Å². The van der Waals surface area contributed by atoms with Gasteiger partial charge in [0.15, 0.2) is 6.61 Å². The van der Waals surface area contributed by atoms with Gasteiger partial charge in [-0.25, -0.2) is 4.98 Å². The standard InChI is InChI=1S/C20H21F3N2O3/c1-13(14-7-8-18(24-10-14)28-12-20(21,22)23)25-19(26)17-9-15(17)11-27-16-5-3-2-4-6-16/h2-8,10,13,15,17H,9,11-12H2,1H3,(H,25,26)/t13?,15-,17+/m0/s1. The Morgan fingerprint density at radius 3 is 2.61 bits per heavy atom. The average Bonchev–Trinajstić information content (AvgIpc) is 3.45. The minimum atomic E-state index is -4.41. The lowest BCUT2D eigenvalue weighted by molar-refractivity contribution is -0.154. The topological polar surface area (TPSA) is 60.5 Å². The molecule has 0 radical (unpaired) electrons. The predicted octanol–water partition coefficient (Wildman–Crippen LogP) is 3.92. The Bertz CT molecular complexity index is 782. The van der Waals surface area contributed by atoms with Crippen molar-refractivity contribution in [2.45, 2.75) is 25.6 Å². The van der Waals surface area contributed by atoms with Crippen molar-refractivity contribution < 1.29 is 27.4 Å². The van der Waals surface area contributed by atoms with Crippen LogP contribution >= 0.6 is 0 Å². The van der Waals surface area contributed by atoms with Crippen molar-refractivity contribution in [3.63, 3.8) is 0 Å². The summed E-state index contributed by atoms with van der Waals surface area (Å²) in [5, 5.41) is 2.91. The highest BCUT2D eigenvalue weighted by molar-refractivity contribution is 5.81. The van der Waals surface area contributed by atoms with Crippen molar-refractivity contribution in [2.75, 3.05) is 13.2 Å². The Balaban J connectivity index is 1.43. The van der Waals surface area contributed by atoms with E-state index in [0.29, 0.717) is 12.2 Å². The van der Waals surface area contributed by atoms with Gasteiger partial charge in [0.25, 0.3) is 0 Å². The molecular formula is C20H21F3N2O3. The SMILES string of the molecule is CC(NC(=O)[C@@H]1C[C@H]1COc1ccccc1)c1ccc(OCC(F)(F)F)nc1. The number of amides is 1. The van der Waals surface area contributed by atoms with Gasteiger partial charge < -0.3 is 14.8 Å². The quantitative estimate of drug-likeness (QED) is 0.737. The number of nitrogens with one attached hydrogen (secondary N) is 1. The molecule has 1 fully saturated rings. The second kappa shape index (κ2) is 8.50. The van der Waals surface area contributed by atoms with Crippen LogP contribution < -0.4 is 14.8 Å². The van der Waals surface area contributed by atoms with Gasteiger partial charge in [-0.1, -0.05) is 24.3 Å². The number of ether oxygens (including phenoxy) is 2. The zero-order valence-electron chi connectivity index (χ0n) is 15.3. The van der Waals surface area contributed by atoms with Crippen LogP contribution in [0.2, 0.25) is 0 Å². The van der Waals surface area contributed by atoms with Crippen LogP contribution in [0.15, 0.2) is 48.7 Å². The zero-order valence-corrected chi connectivity index (χ0v) is 15.3. The predicted molar refractivity (Wildman–Crippen MR) is 95.9 cm³/mol. The van der Waals surface area contributed by atoms with Crippen LogP contribution in [-0.4, -0.2) is 30.3 Å². The fraction of sp³-hybridized carbons (Fsp3) is 0.400. The van der Waals surface area contributed by atoms with Gasteiger partial charge in [-0.2, -0.15) is 13.2 Å². The molecule has 0 bridgehead atoms. The molecule has 1 amide bonds. The second-order valence-electron chi connectivity index (χ2n) is 6.79. The van der Waals surface area contributed by atoms with E-state index < -0.39 is 12.8 Å². The summed E-state index contributed by atoms with van der Waals surface area (Å²) >= 11 is 0. The lowest BCUT2D eigenvalue weighted by Crippen LogP contribution is -2.29. The van der Waals surface area contributed by atoms with Crippen LogP contribution in [0.1, 0.15) is 24.9 Å². The van der Waals surface area contributed by atoms with Gasteiger partial charge in [-0.05, 0) is 31.0 Å². The maximum Gasteiger partial charge on any atom is 0.422 e. The van der Waals surface area contributed by atoms with E-state index in [-0.39, 0.29) is 29.7 Å². The molecule has 1 unspecified atom stereocenters. The minimum Gasteiger partial charge on any atom is -0.493 e. The van der Waals surface area contributed by atoms with Gasteiger partial charge in [0, 0.05) is 24.1 Å². The summed E-state index contributed by atoms with van der Waals surface area (Å²) < 4.78 is 46.7. The van der Waals surface area contributed by atoms with Gasteiger partial charge in [-0.15, -0.1) is 0 Å². The zero-order chi connectivity index (χ0) is 20.1. The van der Waals surface area contributed by atoms with E-state index in [9.17, 15) is 18.0 Å². The van der Waals surface area contributed by atoms with Crippen molar-refractivity contribution in [1.29, 1.82) is 0 Å². The monoisotopic (exact) mass is 394 g/mol. The van der Waals surface area contributed by atoms with Crippen LogP contribution in [0.4, 0.5) is 13.2 Å². The third kappa shape index (κ3) is 5.87. The molecule has 150 valence electrons. The van der Waals surface area contributed by atoms with Gasteiger partial charge in [0.05, 0.1) is 12.6 Å². The molecule has 1 aromatic heterocycles. The Morgan fingerprint density at radius 1 is 1.21 bits per heavy atom. The van der Waals surface area contributed by atoms with Crippen molar-refractivity contribution in [3.8, 4) is 11.6 Å². The second-order valence-corrected chi connectivity index (χ2v) is 6.79. The number of carbonyl (C=O) groups excluding carboxylic acids is 1. The summed E-state index contributed by atoms with van der Waals surface area (Å²) in [6, 6.07) is 12.1. The average molecular weight is 394 g/mol. The number of rotatable bonds is 8. The van der Waals surface area contributed by atoms with Crippen molar-refractivity contribution in [1.82, 2.24) is 10.3 Å². The Hall–Kier alpha value is -2.77. The van der Waals surface area contributed by atoms with Gasteiger partial charge in [0.1, 0.15) is 5.75 Å². The van der Waals surface area contributed by atoms with Gasteiger partial charge >= 0.3 is 6.18 Å². The molecular weight excluding hydrogens is 373 g/mol. The number of nitrogens with zero attached hydrogens (tertiary/aromatic N) is 1. The van der Waals surface area contributed by atoms with Crippen LogP contribution in [-0.2, 0) is 4.79 Å². The number of halogens is 3. The third-order valence-corrected chi connectivity index (χ3v) is 4.47. The van der Waals surface area contributed by atoms with E-state index in [2.05, 4.69) is 15.0 Å². The van der Waals surface area contributed by atoms with Crippen molar-refractivity contribution in [2.24, 2.45) is 11.8 Å². The smallest absolute Gasteiger partial charge is 0.422 e. The number of para-hydroxylation sites is 1. The lowest BCUT2D eigenvalue weighted by atomic mass is 10.1. The van der Waals surface area contributed by atoms with E-state index in [0.717, 1.165) is 12.2 Å². The summed E-state index contributed by atoms with van der Waals surface area (Å²) in [5.41, 5.74) is 0.686. The molecule has 28 heavy (non-hydrogen) atoms. The Kier molecular flexibility index (Phi) is 6.06. The molecule has 1 aromatic carbocycles. The first-order valence-electron chi connectivity index (χ1n) is 8.95. The fourth-order valence-corrected chi connectivity index (χ4v) is 2.77. The van der Waals surface area contributed by atoms with Crippen LogP contribution in [0, 0.1) is 11.8 Å². The number of benzene rings is 1. The molecule has 1 heterocycles. The molecule has 0 saturated heterocycles. The first-order chi connectivity index (χ1) is 13.3. The molecule has 3 atom stereocenters. The normalized spacial score (nSPS) is 19.6. The molecule has 5 nitrogen and oxygen atoms in total. The number of carbonyl (C=O) groups is 1. The number of aromatic nitrogens is 1. The summed E-state index contributed by atoms with van der Waals surface area (Å²) in [7, 11) is 0. The Morgan fingerprint density at radius 2 is 1.96 bits per heavy atom. The number of pyridine rings is 1. The van der Waals surface area contributed by atoms with Gasteiger partial charge in [-0.3, -0.25) is 4.79 Å². The minimum absolute atomic E-state index is 0.0634. The van der Waals surface area contributed by atoms with E-state index in [1.54, 1.807) is 13.0 Å². The molecule has 1 aliphatic rings. The first-order valence-corrected chi connectivity index (χ1v) is 8.95. The largest absolute Gasteiger partial charge is 0.493 e. The van der Waals surface area contributed by atoms with Crippen LogP contribution in [0.3, 0.4) is 0 Å². The maximum atomic E-state index is 12.4. The van der Waals surface area contributed by atoms with Crippen molar-refractivity contribution >= 4 is 5.91 Å². The van der Waals surface area contributed by atoms with E-state index in [1.165, 1.54) is 12.3 Å². The summed E-state index contributed by atoms with van der Waals surface area (Å²) in [4.78, 5) is 16.2. The summed E-state index contributed by atoms with van der Waals surface area (Å²) in [6.45, 7) is 0.895. The molecule has 3 rings (SSSR count). The molecule has 1 aliphatic carbocycles. The molecule has 2 aromatic rings. The summed E-state index contributed by atoms with van der Waals surface area (Å²) in [6.07, 6.45) is -2.24.